The van der Waals surface area contributed by atoms with Gasteiger partial charge in [-0.25, -0.2) is 0 Å². The van der Waals surface area contributed by atoms with Gasteiger partial charge >= 0.3 is 0 Å². The first kappa shape index (κ1) is 18.7. The molecular weight excluding hydrogens is 352 g/mol. The van der Waals surface area contributed by atoms with Gasteiger partial charge in [0.2, 0.25) is 5.91 Å². The molecule has 0 bridgehead atoms. The van der Waals surface area contributed by atoms with Crippen LogP contribution in [0.4, 0.5) is 0 Å². The summed E-state index contributed by atoms with van der Waals surface area (Å²) in [5.74, 6) is -0.150. The van der Waals surface area contributed by atoms with E-state index in [9.17, 15) is 9.59 Å². The molecule has 2 aliphatic rings. The number of amides is 2. The molecule has 2 fully saturated rings. The highest BCUT2D eigenvalue weighted by Gasteiger charge is 2.66. The third-order valence-corrected chi connectivity index (χ3v) is 6.67. The first-order valence-corrected chi connectivity index (χ1v) is 9.81. The molecule has 0 radical (unpaired) electrons. The number of hydrogen-bond acceptors (Lipinski definition) is 3. The second-order valence-corrected chi connectivity index (χ2v) is 9.21. The lowest BCUT2D eigenvalue weighted by Gasteiger charge is -2.54. The molecule has 6 heteroatoms. The van der Waals surface area contributed by atoms with Crippen molar-refractivity contribution in [1.82, 2.24) is 14.7 Å². The van der Waals surface area contributed by atoms with Crippen LogP contribution in [0, 0.1) is 30.6 Å². The zero-order valence-corrected chi connectivity index (χ0v) is 17.0. The van der Waals surface area contributed by atoms with Crippen LogP contribution in [0.15, 0.2) is 30.3 Å². The second-order valence-electron chi connectivity index (χ2n) is 9.21. The molecule has 6 nitrogen and oxygen atoms in total. The Kier molecular flexibility index (Phi) is 4.14. The van der Waals surface area contributed by atoms with Crippen LogP contribution in [0.1, 0.15) is 47.6 Å². The van der Waals surface area contributed by atoms with Gasteiger partial charge < -0.3 is 10.6 Å². The molecule has 1 aromatic heterocycles. The number of carbonyl (C=O) groups is 2. The van der Waals surface area contributed by atoms with Crippen molar-refractivity contribution in [1.29, 1.82) is 0 Å². The molecule has 2 atom stereocenters. The number of likely N-dealkylation sites (tertiary alicyclic amines) is 1. The smallest absolute Gasteiger partial charge is 0.253 e. The number of rotatable bonds is 4. The van der Waals surface area contributed by atoms with Crippen molar-refractivity contribution in [3.63, 3.8) is 0 Å². The van der Waals surface area contributed by atoms with Gasteiger partial charge in [-0.2, -0.15) is 5.10 Å². The van der Waals surface area contributed by atoms with E-state index in [1.165, 1.54) is 0 Å². The van der Waals surface area contributed by atoms with E-state index in [1.54, 1.807) is 4.90 Å². The Balaban J connectivity index is 1.48. The van der Waals surface area contributed by atoms with Gasteiger partial charge in [0, 0.05) is 24.3 Å². The SMILES string of the molecule is Cc1cc(C)n(Cc2ccc(C(=O)N3C[C@@H]4C(C)(C)C[C@]4(C(N)=O)C3)cc2)n1. The van der Waals surface area contributed by atoms with Crippen LogP contribution in [-0.2, 0) is 11.3 Å². The molecule has 2 amide bonds. The van der Waals surface area contributed by atoms with Gasteiger partial charge in [0.05, 0.1) is 17.7 Å². The number of aryl methyl sites for hydroxylation is 2. The van der Waals surface area contributed by atoms with Crippen LogP contribution in [0.5, 0.6) is 0 Å². The molecule has 28 heavy (non-hydrogen) atoms. The average molecular weight is 380 g/mol. The molecule has 1 aliphatic carbocycles. The zero-order valence-electron chi connectivity index (χ0n) is 17.0. The lowest BCUT2D eigenvalue weighted by molar-refractivity contribution is -0.148. The number of carbonyl (C=O) groups excluding carboxylic acids is 2. The fraction of sp³-hybridized carbons (Fsp3) is 0.500. The van der Waals surface area contributed by atoms with Crippen molar-refractivity contribution in [2.75, 3.05) is 13.1 Å². The summed E-state index contributed by atoms with van der Waals surface area (Å²) in [7, 11) is 0. The van der Waals surface area contributed by atoms with E-state index >= 15 is 0 Å². The fourth-order valence-electron chi connectivity index (χ4n) is 5.32. The second kappa shape index (κ2) is 6.19. The molecule has 2 N–H and O–H groups in total. The topological polar surface area (TPSA) is 81.2 Å². The normalized spacial score (nSPS) is 25.3. The number of nitrogens with zero attached hydrogens (tertiary/aromatic N) is 3. The molecule has 0 unspecified atom stereocenters. The number of hydrogen-bond donors (Lipinski definition) is 1. The molecule has 1 saturated carbocycles. The summed E-state index contributed by atoms with van der Waals surface area (Å²) in [5.41, 5.74) is 9.08. The highest BCUT2D eigenvalue weighted by atomic mass is 16.2. The van der Waals surface area contributed by atoms with E-state index < -0.39 is 5.41 Å². The van der Waals surface area contributed by atoms with Crippen molar-refractivity contribution in [2.24, 2.45) is 22.5 Å². The minimum absolute atomic E-state index is 0.0245. The van der Waals surface area contributed by atoms with Crippen molar-refractivity contribution in [3.05, 3.63) is 52.8 Å². The lowest BCUT2D eigenvalue weighted by atomic mass is 9.48. The van der Waals surface area contributed by atoms with Crippen LogP contribution in [0.2, 0.25) is 0 Å². The van der Waals surface area contributed by atoms with E-state index in [4.69, 9.17) is 5.73 Å². The van der Waals surface area contributed by atoms with Crippen molar-refractivity contribution in [2.45, 2.75) is 40.7 Å². The largest absolute Gasteiger partial charge is 0.369 e. The first-order valence-electron chi connectivity index (χ1n) is 9.81. The Bertz CT molecular complexity index is 944. The Morgan fingerprint density at radius 2 is 1.89 bits per heavy atom. The summed E-state index contributed by atoms with van der Waals surface area (Å²) in [6.45, 7) is 10.0. The lowest BCUT2D eigenvalue weighted by Crippen LogP contribution is -2.59. The molecule has 2 heterocycles. The van der Waals surface area contributed by atoms with Crippen LogP contribution in [0.3, 0.4) is 0 Å². The average Bonchev–Trinajstić information content (AvgIpc) is 3.13. The molecule has 1 aromatic carbocycles. The van der Waals surface area contributed by atoms with Crippen LogP contribution in [0.25, 0.3) is 0 Å². The van der Waals surface area contributed by atoms with Gasteiger partial charge in [-0.3, -0.25) is 14.3 Å². The quantitative estimate of drug-likeness (QED) is 0.885. The minimum Gasteiger partial charge on any atom is -0.369 e. The summed E-state index contributed by atoms with van der Waals surface area (Å²) in [6.07, 6.45) is 0.755. The summed E-state index contributed by atoms with van der Waals surface area (Å²) >= 11 is 0. The van der Waals surface area contributed by atoms with Gasteiger partial charge in [0.25, 0.3) is 5.91 Å². The monoisotopic (exact) mass is 380 g/mol. The molecule has 0 spiro atoms. The molecule has 148 valence electrons. The third kappa shape index (κ3) is 2.82. The van der Waals surface area contributed by atoms with E-state index in [0.717, 1.165) is 23.4 Å². The number of aromatic nitrogens is 2. The maximum atomic E-state index is 13.0. The van der Waals surface area contributed by atoms with E-state index in [1.807, 2.05) is 42.8 Å². The number of benzene rings is 1. The molecule has 4 rings (SSSR count). The van der Waals surface area contributed by atoms with Crippen LogP contribution in [-0.4, -0.2) is 39.6 Å². The predicted octanol–water partition coefficient (Wildman–Crippen LogP) is 2.52. The molecule has 1 aliphatic heterocycles. The van der Waals surface area contributed by atoms with Gasteiger partial charge in [-0.15, -0.1) is 0 Å². The Morgan fingerprint density at radius 3 is 2.39 bits per heavy atom. The van der Waals surface area contributed by atoms with Crippen molar-refractivity contribution < 1.29 is 9.59 Å². The number of fused-ring (bicyclic) bond motifs is 1. The molecule has 1 saturated heterocycles. The van der Waals surface area contributed by atoms with Crippen molar-refractivity contribution in [3.8, 4) is 0 Å². The van der Waals surface area contributed by atoms with Gasteiger partial charge in [-0.1, -0.05) is 26.0 Å². The standard InChI is InChI=1S/C22H28N4O2/c1-14-9-15(2)26(24-14)10-16-5-7-17(8-6-16)19(27)25-11-18-21(3,4)12-22(18,13-25)20(23)28/h5-9,18H,10-13H2,1-4H3,(H2,23,28)/t18-,22+/m1/s1. The molecular formula is C22H28N4O2. The maximum absolute atomic E-state index is 13.0. The molecule has 2 aromatic rings. The van der Waals surface area contributed by atoms with Crippen LogP contribution >= 0.6 is 0 Å². The summed E-state index contributed by atoms with van der Waals surface area (Å²) in [6, 6.07) is 9.73. The van der Waals surface area contributed by atoms with E-state index in [2.05, 4.69) is 25.0 Å². The van der Waals surface area contributed by atoms with Gasteiger partial charge in [0.15, 0.2) is 0 Å². The zero-order chi connectivity index (χ0) is 20.3. The Morgan fingerprint density at radius 1 is 1.21 bits per heavy atom. The highest BCUT2D eigenvalue weighted by molar-refractivity contribution is 5.95. The summed E-state index contributed by atoms with van der Waals surface area (Å²) < 4.78 is 1.96. The number of primary amides is 1. The van der Waals surface area contributed by atoms with Gasteiger partial charge in [0.1, 0.15) is 0 Å². The predicted molar refractivity (Wildman–Crippen MR) is 107 cm³/mol. The number of nitrogens with two attached hydrogens (primary N) is 1. The fourth-order valence-corrected chi connectivity index (χ4v) is 5.32. The Hall–Kier alpha value is -2.63. The third-order valence-electron chi connectivity index (χ3n) is 6.67. The van der Waals surface area contributed by atoms with Gasteiger partial charge in [-0.05, 0) is 55.4 Å². The van der Waals surface area contributed by atoms with Crippen LogP contribution < -0.4 is 5.73 Å². The maximum Gasteiger partial charge on any atom is 0.253 e. The summed E-state index contributed by atoms with van der Waals surface area (Å²) in [4.78, 5) is 26.9. The minimum atomic E-state index is -0.547. The van der Waals surface area contributed by atoms with Crippen molar-refractivity contribution >= 4 is 11.8 Å². The Labute approximate surface area is 165 Å². The van der Waals surface area contributed by atoms with E-state index in [0.29, 0.717) is 25.2 Å². The van der Waals surface area contributed by atoms with E-state index in [-0.39, 0.29) is 23.1 Å². The summed E-state index contributed by atoms with van der Waals surface area (Å²) in [5, 5.41) is 4.49. The first-order chi connectivity index (χ1) is 13.1. The highest BCUT2D eigenvalue weighted by Crippen LogP contribution is 2.62.